The van der Waals surface area contributed by atoms with Gasteiger partial charge in [-0.2, -0.15) is 0 Å². The molecular formula is C11H21N3O3. The van der Waals surface area contributed by atoms with Gasteiger partial charge in [-0.3, -0.25) is 0 Å². The lowest BCUT2D eigenvalue weighted by atomic mass is 10.2. The topological polar surface area (TPSA) is 91.1 Å². The number of nitrogens with zero attached hydrogens (tertiary/aromatic N) is 2. The number of nitrogens with one attached hydrogen (secondary N) is 1. The molecule has 0 rings (SSSR count). The quantitative estimate of drug-likeness (QED) is 0.349. The Morgan fingerprint density at radius 3 is 1.71 bits per heavy atom. The third-order valence-electron chi connectivity index (χ3n) is 1.78. The van der Waals surface area contributed by atoms with E-state index < -0.39 is 0 Å². The maximum Gasteiger partial charge on any atom is 0.234 e. The van der Waals surface area contributed by atoms with Crippen molar-refractivity contribution in [2.24, 2.45) is 9.98 Å². The molecule has 0 radical (unpaired) electrons. The summed E-state index contributed by atoms with van der Waals surface area (Å²) >= 11 is 0. The van der Waals surface area contributed by atoms with Gasteiger partial charge in [0.1, 0.15) is 0 Å². The SMILES string of the molecule is CNCCO.O=C=NCCCCCCN=C=O. The fourth-order valence-corrected chi connectivity index (χ4v) is 0.938. The molecule has 17 heavy (non-hydrogen) atoms. The molecule has 0 fully saturated rings. The first kappa shape index (κ1) is 18.1. The van der Waals surface area contributed by atoms with Gasteiger partial charge < -0.3 is 10.4 Å². The molecule has 0 aliphatic carbocycles. The van der Waals surface area contributed by atoms with E-state index in [0.29, 0.717) is 19.6 Å². The van der Waals surface area contributed by atoms with Crippen LogP contribution >= 0.6 is 0 Å². The van der Waals surface area contributed by atoms with E-state index in [-0.39, 0.29) is 6.61 Å². The number of rotatable bonds is 9. The molecule has 0 unspecified atom stereocenters. The molecule has 0 saturated heterocycles. The monoisotopic (exact) mass is 243 g/mol. The highest BCUT2D eigenvalue weighted by molar-refractivity contribution is 5.32. The number of aliphatic imine (C=N–C) groups is 2. The normalized spacial score (nSPS) is 8.35. The summed E-state index contributed by atoms with van der Waals surface area (Å²) in [4.78, 5) is 26.1. The third-order valence-corrected chi connectivity index (χ3v) is 1.78. The number of isocyanates is 2. The van der Waals surface area contributed by atoms with E-state index in [2.05, 4.69) is 15.3 Å². The maximum atomic E-state index is 9.63. The highest BCUT2D eigenvalue weighted by Gasteiger charge is 1.87. The zero-order valence-electron chi connectivity index (χ0n) is 10.3. The predicted octanol–water partition coefficient (Wildman–Crippen LogP) is 0.416. The summed E-state index contributed by atoms with van der Waals surface area (Å²) in [5.41, 5.74) is 0. The summed E-state index contributed by atoms with van der Waals surface area (Å²) < 4.78 is 0. The smallest absolute Gasteiger partial charge is 0.234 e. The highest BCUT2D eigenvalue weighted by atomic mass is 16.3. The number of hydrogen-bond donors (Lipinski definition) is 2. The second-order valence-electron chi connectivity index (χ2n) is 3.19. The van der Waals surface area contributed by atoms with Crippen LogP contribution in [0.2, 0.25) is 0 Å². The van der Waals surface area contributed by atoms with Gasteiger partial charge in [0.2, 0.25) is 12.2 Å². The van der Waals surface area contributed by atoms with E-state index in [4.69, 9.17) is 5.11 Å². The van der Waals surface area contributed by atoms with Crippen molar-refractivity contribution in [3.8, 4) is 0 Å². The van der Waals surface area contributed by atoms with Gasteiger partial charge in [0.15, 0.2) is 0 Å². The molecule has 6 nitrogen and oxygen atoms in total. The molecule has 0 saturated carbocycles. The van der Waals surface area contributed by atoms with Crippen LogP contribution in [0.5, 0.6) is 0 Å². The molecule has 0 aliphatic rings. The van der Waals surface area contributed by atoms with E-state index in [9.17, 15) is 9.59 Å². The van der Waals surface area contributed by atoms with Crippen LogP contribution < -0.4 is 5.32 Å². The molecule has 0 atom stereocenters. The van der Waals surface area contributed by atoms with Gasteiger partial charge in [-0.15, -0.1) is 0 Å². The summed E-state index contributed by atoms with van der Waals surface area (Å²) in [6.45, 7) is 2.04. The third kappa shape index (κ3) is 25.2. The summed E-state index contributed by atoms with van der Waals surface area (Å²) in [6, 6.07) is 0. The first-order valence-electron chi connectivity index (χ1n) is 5.66. The minimum atomic E-state index is 0.233. The molecule has 98 valence electrons. The van der Waals surface area contributed by atoms with E-state index >= 15 is 0 Å². The van der Waals surface area contributed by atoms with Crippen LogP contribution in [0.4, 0.5) is 0 Å². The minimum Gasteiger partial charge on any atom is -0.395 e. The number of carbonyl (C=O) groups excluding carboxylic acids is 2. The summed E-state index contributed by atoms with van der Waals surface area (Å²) in [5.74, 6) is 0. The minimum absolute atomic E-state index is 0.233. The Morgan fingerprint density at radius 2 is 1.47 bits per heavy atom. The molecule has 0 aromatic rings. The largest absolute Gasteiger partial charge is 0.395 e. The van der Waals surface area contributed by atoms with E-state index in [1.807, 2.05) is 0 Å². The average Bonchev–Trinajstić information content (AvgIpc) is 2.34. The van der Waals surface area contributed by atoms with Crippen LogP contribution in [0.3, 0.4) is 0 Å². The number of aliphatic hydroxyl groups excluding tert-OH is 1. The second-order valence-corrected chi connectivity index (χ2v) is 3.19. The number of unbranched alkanes of at least 4 members (excludes halogenated alkanes) is 3. The molecule has 0 aromatic carbocycles. The van der Waals surface area contributed by atoms with Crippen molar-refractivity contribution in [3.05, 3.63) is 0 Å². The summed E-state index contributed by atoms with van der Waals surface area (Å²) in [6.07, 6.45) is 6.80. The second kappa shape index (κ2) is 20.1. The first-order chi connectivity index (χ1) is 8.33. The fraction of sp³-hybridized carbons (Fsp3) is 0.818. The number of aliphatic hydroxyl groups is 1. The van der Waals surface area contributed by atoms with Gasteiger partial charge in [0.25, 0.3) is 0 Å². The van der Waals surface area contributed by atoms with Gasteiger partial charge in [-0.1, -0.05) is 12.8 Å². The van der Waals surface area contributed by atoms with Crippen LogP contribution in [-0.2, 0) is 9.59 Å². The van der Waals surface area contributed by atoms with Crippen molar-refractivity contribution in [2.45, 2.75) is 25.7 Å². The molecule has 6 heteroatoms. The van der Waals surface area contributed by atoms with Crippen molar-refractivity contribution in [1.29, 1.82) is 0 Å². The standard InChI is InChI=1S/C8H12N2O2.C3H9NO/c11-7-9-5-3-1-2-4-6-10-8-12;1-4-2-3-5/h1-6H2;4-5H,2-3H2,1H3. The lowest BCUT2D eigenvalue weighted by Gasteiger charge is -1.93. The Balaban J connectivity index is 0. The van der Waals surface area contributed by atoms with Crippen LogP contribution in [0.25, 0.3) is 0 Å². The number of likely N-dealkylation sites (N-methyl/N-ethyl adjacent to an activating group) is 1. The molecule has 0 aliphatic heterocycles. The molecule has 0 heterocycles. The van der Waals surface area contributed by atoms with Crippen molar-refractivity contribution >= 4 is 12.2 Å². The van der Waals surface area contributed by atoms with Crippen LogP contribution in [0.1, 0.15) is 25.7 Å². The van der Waals surface area contributed by atoms with Crippen molar-refractivity contribution in [2.75, 3.05) is 33.3 Å². The van der Waals surface area contributed by atoms with E-state index in [1.54, 1.807) is 7.05 Å². The molecule has 0 amide bonds. The zero-order chi connectivity index (χ0) is 13.2. The summed E-state index contributed by atoms with van der Waals surface area (Å²) in [5, 5.41) is 10.8. The molecule has 2 N–H and O–H groups in total. The van der Waals surface area contributed by atoms with Gasteiger partial charge in [-0.05, 0) is 19.9 Å². The Kier molecular flexibility index (Phi) is 21.4. The molecule has 0 spiro atoms. The fourth-order valence-electron chi connectivity index (χ4n) is 0.938. The lowest BCUT2D eigenvalue weighted by molar-refractivity contribution is 0.296. The van der Waals surface area contributed by atoms with Crippen LogP contribution in [0.15, 0.2) is 9.98 Å². The van der Waals surface area contributed by atoms with Gasteiger partial charge in [-0.25, -0.2) is 19.6 Å². The van der Waals surface area contributed by atoms with Crippen molar-refractivity contribution < 1.29 is 14.7 Å². The predicted molar refractivity (Wildman–Crippen MR) is 65.5 cm³/mol. The van der Waals surface area contributed by atoms with Crippen LogP contribution in [-0.4, -0.2) is 50.6 Å². The van der Waals surface area contributed by atoms with Crippen LogP contribution in [0, 0.1) is 0 Å². The molecule has 0 aromatic heterocycles. The maximum absolute atomic E-state index is 9.63. The van der Waals surface area contributed by atoms with Gasteiger partial charge in [0.05, 0.1) is 19.7 Å². The average molecular weight is 243 g/mol. The summed E-state index contributed by atoms with van der Waals surface area (Å²) in [7, 11) is 1.80. The van der Waals surface area contributed by atoms with E-state index in [1.165, 1.54) is 12.2 Å². The Hall–Kier alpha value is -1.32. The highest BCUT2D eigenvalue weighted by Crippen LogP contribution is 1.99. The lowest BCUT2D eigenvalue weighted by Crippen LogP contribution is -2.10. The van der Waals surface area contributed by atoms with Crippen molar-refractivity contribution in [3.63, 3.8) is 0 Å². The Labute approximate surface area is 102 Å². The van der Waals surface area contributed by atoms with Crippen molar-refractivity contribution in [1.82, 2.24) is 5.32 Å². The Bertz CT molecular complexity index is 210. The van der Waals surface area contributed by atoms with Gasteiger partial charge in [0, 0.05) is 6.54 Å². The zero-order valence-corrected chi connectivity index (χ0v) is 10.3. The molecule has 0 bridgehead atoms. The first-order valence-corrected chi connectivity index (χ1v) is 5.66. The van der Waals surface area contributed by atoms with Gasteiger partial charge >= 0.3 is 0 Å². The molecular weight excluding hydrogens is 222 g/mol. The Morgan fingerprint density at radius 1 is 1.00 bits per heavy atom. The van der Waals surface area contributed by atoms with E-state index in [0.717, 1.165) is 25.7 Å². The number of hydrogen-bond acceptors (Lipinski definition) is 6.